The van der Waals surface area contributed by atoms with Crippen molar-refractivity contribution < 1.29 is 14.2 Å². The molecule has 0 saturated heterocycles. The number of tetrazole rings is 1. The minimum atomic E-state index is -1.01. The van der Waals surface area contributed by atoms with Gasteiger partial charge in [0.15, 0.2) is 10.7 Å². The first-order chi connectivity index (χ1) is 11.9. The SMILES string of the molecule is COC(c1nc(N[N+](=O)[O-])n2nnnc2c1C)c1c(F)cccc1Cl. The van der Waals surface area contributed by atoms with Gasteiger partial charge in [0, 0.05) is 23.3 Å². The van der Waals surface area contributed by atoms with Crippen molar-refractivity contribution in [2.75, 3.05) is 12.5 Å². The van der Waals surface area contributed by atoms with Crippen LogP contribution in [0.1, 0.15) is 22.9 Å². The van der Waals surface area contributed by atoms with Gasteiger partial charge in [0.05, 0.1) is 5.69 Å². The number of halogens is 2. The summed E-state index contributed by atoms with van der Waals surface area (Å²) in [5, 5.41) is 21.1. The zero-order chi connectivity index (χ0) is 18.1. The lowest BCUT2D eigenvalue weighted by Crippen LogP contribution is -2.18. The highest BCUT2D eigenvalue weighted by Gasteiger charge is 2.27. The van der Waals surface area contributed by atoms with Crippen molar-refractivity contribution in [3.8, 4) is 0 Å². The van der Waals surface area contributed by atoms with Gasteiger partial charge in [0.25, 0.3) is 5.95 Å². The minimum Gasteiger partial charge on any atom is -0.370 e. The number of nitro groups is 1. The number of nitrogens with one attached hydrogen (secondary N) is 1. The predicted molar refractivity (Wildman–Crippen MR) is 84.2 cm³/mol. The Labute approximate surface area is 144 Å². The molecule has 1 aromatic carbocycles. The molecule has 0 aliphatic carbocycles. The van der Waals surface area contributed by atoms with Crippen molar-refractivity contribution in [1.29, 1.82) is 0 Å². The highest BCUT2D eigenvalue weighted by Crippen LogP contribution is 2.34. The fourth-order valence-electron chi connectivity index (χ4n) is 2.46. The van der Waals surface area contributed by atoms with E-state index in [0.29, 0.717) is 5.56 Å². The first-order valence-corrected chi connectivity index (χ1v) is 7.28. The molecule has 0 amide bonds. The number of nitrogens with zero attached hydrogens (tertiary/aromatic N) is 6. The lowest BCUT2D eigenvalue weighted by atomic mass is 10.0. The number of ether oxygens (including phenoxy) is 1. The molecule has 0 saturated carbocycles. The first kappa shape index (κ1) is 16.9. The molecular formula is C13H11ClFN7O3. The van der Waals surface area contributed by atoms with Gasteiger partial charge in [-0.2, -0.15) is 4.52 Å². The summed E-state index contributed by atoms with van der Waals surface area (Å²) in [6.07, 6.45) is -1.01. The van der Waals surface area contributed by atoms with Gasteiger partial charge in [-0.05, 0) is 29.5 Å². The first-order valence-electron chi connectivity index (χ1n) is 6.90. The number of hydrazine groups is 1. The number of hydrogen-bond donors (Lipinski definition) is 1. The Kier molecular flexibility index (Phi) is 4.42. The van der Waals surface area contributed by atoms with E-state index in [2.05, 4.69) is 20.5 Å². The Hall–Kier alpha value is -2.92. The van der Waals surface area contributed by atoms with Gasteiger partial charge in [-0.1, -0.05) is 23.1 Å². The van der Waals surface area contributed by atoms with E-state index in [0.717, 1.165) is 4.52 Å². The van der Waals surface area contributed by atoms with Crippen molar-refractivity contribution in [1.82, 2.24) is 25.0 Å². The highest BCUT2D eigenvalue weighted by molar-refractivity contribution is 6.31. The fourth-order valence-corrected chi connectivity index (χ4v) is 2.72. The van der Waals surface area contributed by atoms with Crippen LogP contribution in [0.15, 0.2) is 18.2 Å². The summed E-state index contributed by atoms with van der Waals surface area (Å²) in [5.41, 5.74) is 2.84. The quantitative estimate of drug-likeness (QED) is 0.536. The van der Waals surface area contributed by atoms with Crippen molar-refractivity contribution in [3.05, 3.63) is 56.0 Å². The molecule has 0 spiro atoms. The minimum absolute atomic E-state index is 0.0612. The molecule has 1 unspecified atom stereocenters. The van der Waals surface area contributed by atoms with Crippen LogP contribution in [0.4, 0.5) is 10.3 Å². The molecule has 1 atom stereocenters. The molecule has 0 fully saturated rings. The standard InChI is InChI=1S/C13H11ClFN7O3/c1-6-10(11(25-2)9-7(14)4-3-5-8(9)15)16-13(18-22(23)24)21-12(6)17-19-20-21/h3-5,11H,1-2H3,(H,16,18). The lowest BCUT2D eigenvalue weighted by Gasteiger charge is -2.19. The highest BCUT2D eigenvalue weighted by atomic mass is 35.5. The molecule has 1 N–H and O–H groups in total. The monoisotopic (exact) mass is 367 g/mol. The van der Waals surface area contributed by atoms with Crippen LogP contribution in [0.3, 0.4) is 0 Å². The van der Waals surface area contributed by atoms with Gasteiger partial charge in [-0.3, -0.25) is 0 Å². The smallest absolute Gasteiger partial charge is 0.290 e. The van der Waals surface area contributed by atoms with Gasteiger partial charge in [-0.25, -0.2) is 19.5 Å². The normalized spacial score (nSPS) is 12.3. The third-order valence-electron chi connectivity index (χ3n) is 3.55. The summed E-state index contributed by atoms with van der Waals surface area (Å²) in [6.45, 7) is 1.64. The number of benzene rings is 1. The van der Waals surface area contributed by atoms with Gasteiger partial charge < -0.3 is 4.74 Å². The van der Waals surface area contributed by atoms with Crippen molar-refractivity contribution in [3.63, 3.8) is 0 Å². The molecule has 2 heterocycles. The molecule has 2 aromatic heterocycles. The molecule has 25 heavy (non-hydrogen) atoms. The maximum atomic E-state index is 14.3. The van der Waals surface area contributed by atoms with E-state index in [1.165, 1.54) is 25.3 Å². The van der Waals surface area contributed by atoms with Crippen LogP contribution in [0, 0.1) is 22.9 Å². The number of anilines is 1. The van der Waals surface area contributed by atoms with Crippen molar-refractivity contribution in [2.45, 2.75) is 13.0 Å². The summed E-state index contributed by atoms with van der Waals surface area (Å²) >= 11 is 6.11. The van der Waals surface area contributed by atoms with E-state index in [-0.39, 0.29) is 27.9 Å². The third kappa shape index (κ3) is 2.94. The lowest BCUT2D eigenvalue weighted by molar-refractivity contribution is -0.446. The summed E-state index contributed by atoms with van der Waals surface area (Å²) < 4.78 is 20.8. The summed E-state index contributed by atoms with van der Waals surface area (Å²) in [6, 6.07) is 4.20. The second-order valence-corrected chi connectivity index (χ2v) is 5.39. The van der Waals surface area contributed by atoms with E-state index in [1.807, 2.05) is 5.43 Å². The van der Waals surface area contributed by atoms with Gasteiger partial charge in [0.1, 0.15) is 11.9 Å². The topological polar surface area (TPSA) is 120 Å². The van der Waals surface area contributed by atoms with Crippen molar-refractivity contribution >= 4 is 23.2 Å². The number of fused-ring (bicyclic) bond motifs is 1. The average Bonchev–Trinajstić information content (AvgIpc) is 3.04. The van der Waals surface area contributed by atoms with Crippen molar-refractivity contribution in [2.24, 2.45) is 0 Å². The Morgan fingerprint density at radius 3 is 2.88 bits per heavy atom. The average molecular weight is 368 g/mol. The van der Waals surface area contributed by atoms with Crippen LogP contribution in [0.25, 0.3) is 5.65 Å². The molecule has 0 bridgehead atoms. The van der Waals surface area contributed by atoms with Gasteiger partial charge >= 0.3 is 0 Å². The van der Waals surface area contributed by atoms with E-state index in [4.69, 9.17) is 16.3 Å². The number of aryl methyl sites for hydroxylation is 1. The van der Waals surface area contributed by atoms with E-state index in [9.17, 15) is 14.5 Å². The third-order valence-corrected chi connectivity index (χ3v) is 3.88. The van der Waals surface area contributed by atoms with Crippen LogP contribution in [0.5, 0.6) is 0 Å². The molecule has 130 valence electrons. The molecule has 0 aliphatic rings. The number of aromatic nitrogens is 5. The summed E-state index contributed by atoms with van der Waals surface area (Å²) in [4.78, 5) is 15.0. The van der Waals surface area contributed by atoms with Crippen LogP contribution >= 0.6 is 11.6 Å². The largest absolute Gasteiger partial charge is 0.370 e. The van der Waals surface area contributed by atoms with Crippen LogP contribution < -0.4 is 5.43 Å². The molecule has 10 nitrogen and oxygen atoms in total. The Bertz CT molecular complexity index is 944. The molecular weight excluding hydrogens is 357 g/mol. The number of rotatable bonds is 5. The Morgan fingerprint density at radius 1 is 1.48 bits per heavy atom. The maximum absolute atomic E-state index is 14.3. The van der Waals surface area contributed by atoms with E-state index in [1.54, 1.807) is 6.92 Å². The fraction of sp³-hybridized carbons (Fsp3) is 0.231. The molecule has 0 aliphatic heterocycles. The number of methoxy groups -OCH3 is 1. The zero-order valence-corrected chi connectivity index (χ0v) is 13.7. The maximum Gasteiger partial charge on any atom is 0.290 e. The van der Waals surface area contributed by atoms with E-state index < -0.39 is 17.0 Å². The Balaban J connectivity index is 2.25. The van der Waals surface area contributed by atoms with E-state index >= 15 is 0 Å². The number of hydrogen-bond acceptors (Lipinski definition) is 7. The molecule has 12 heteroatoms. The van der Waals surface area contributed by atoms with Crippen LogP contribution in [-0.4, -0.2) is 37.2 Å². The van der Waals surface area contributed by atoms with Gasteiger partial charge in [0.2, 0.25) is 0 Å². The van der Waals surface area contributed by atoms with Crippen LogP contribution in [0.2, 0.25) is 5.02 Å². The molecule has 3 rings (SSSR count). The second-order valence-electron chi connectivity index (χ2n) is 4.98. The molecule has 0 radical (unpaired) electrons. The summed E-state index contributed by atoms with van der Waals surface area (Å²) in [7, 11) is 1.35. The zero-order valence-electron chi connectivity index (χ0n) is 13.0. The predicted octanol–water partition coefficient (Wildman–Crippen LogP) is 1.96. The second kappa shape index (κ2) is 6.53. The Morgan fingerprint density at radius 2 is 2.24 bits per heavy atom. The summed E-state index contributed by atoms with van der Waals surface area (Å²) in [5.74, 6) is -0.844. The van der Waals surface area contributed by atoms with Gasteiger partial charge in [-0.15, -0.1) is 5.10 Å². The molecule has 3 aromatic rings. The van der Waals surface area contributed by atoms with Crippen LogP contribution in [-0.2, 0) is 4.74 Å².